The Hall–Kier alpha value is -1.22. The average Bonchev–Trinajstić information content (AvgIpc) is 2.64. The number of rotatable bonds is 4. The second-order valence-corrected chi connectivity index (χ2v) is 7.87. The first kappa shape index (κ1) is 18.1. The topological polar surface area (TPSA) is 78.6 Å². The molecule has 0 unspecified atom stereocenters. The molecular weight excluding hydrogens is 320 g/mol. The maximum atomic E-state index is 12.9. The number of benzene rings is 1. The van der Waals surface area contributed by atoms with E-state index in [-0.39, 0.29) is 11.4 Å². The SMILES string of the molecule is CC1(C)OB(C(=Cc2ccc(S(=O)(=O)F)cc2)CN)OC1(C)C. The third-order valence-electron chi connectivity index (χ3n) is 4.31. The first-order chi connectivity index (χ1) is 10.5. The predicted molar refractivity (Wildman–Crippen MR) is 87.8 cm³/mol. The molecule has 0 spiro atoms. The summed E-state index contributed by atoms with van der Waals surface area (Å²) in [5.74, 6) is 0. The first-order valence-electron chi connectivity index (χ1n) is 7.27. The Kier molecular flexibility index (Phi) is 4.74. The largest absolute Gasteiger partial charge is 0.491 e. The summed E-state index contributed by atoms with van der Waals surface area (Å²) < 4.78 is 46.4. The summed E-state index contributed by atoms with van der Waals surface area (Å²) in [5, 5.41) is 0. The zero-order valence-corrected chi connectivity index (χ0v) is 14.5. The molecule has 126 valence electrons. The molecule has 23 heavy (non-hydrogen) atoms. The summed E-state index contributed by atoms with van der Waals surface area (Å²) in [5.41, 5.74) is 6.25. The van der Waals surface area contributed by atoms with Crippen LogP contribution in [-0.2, 0) is 19.5 Å². The third-order valence-corrected chi connectivity index (χ3v) is 5.14. The monoisotopic (exact) mass is 341 g/mol. The molecule has 1 aromatic carbocycles. The van der Waals surface area contributed by atoms with Crippen molar-refractivity contribution in [1.29, 1.82) is 0 Å². The molecule has 0 radical (unpaired) electrons. The van der Waals surface area contributed by atoms with E-state index in [1.807, 2.05) is 27.7 Å². The molecule has 1 aromatic rings. The number of nitrogens with two attached hydrogens (primary N) is 1. The van der Waals surface area contributed by atoms with Crippen LogP contribution in [-0.4, -0.2) is 33.3 Å². The smallest absolute Gasteiger partial charge is 0.400 e. The Labute approximate surface area is 137 Å². The summed E-state index contributed by atoms with van der Waals surface area (Å²) in [7, 11) is -5.27. The lowest BCUT2D eigenvalue weighted by atomic mass is 9.77. The van der Waals surface area contributed by atoms with E-state index in [1.54, 1.807) is 6.08 Å². The molecule has 0 saturated carbocycles. The summed E-state index contributed by atoms with van der Waals surface area (Å²) >= 11 is 0. The Morgan fingerprint density at radius 3 is 2.04 bits per heavy atom. The van der Waals surface area contributed by atoms with E-state index in [4.69, 9.17) is 15.0 Å². The fourth-order valence-corrected chi connectivity index (χ4v) is 2.62. The van der Waals surface area contributed by atoms with Gasteiger partial charge in [-0.25, -0.2) is 0 Å². The molecule has 1 aliphatic rings. The van der Waals surface area contributed by atoms with E-state index in [0.29, 0.717) is 5.56 Å². The zero-order valence-electron chi connectivity index (χ0n) is 13.7. The molecule has 1 heterocycles. The minimum atomic E-state index is -4.69. The summed E-state index contributed by atoms with van der Waals surface area (Å²) in [6.07, 6.45) is 1.76. The normalized spacial score (nSPS) is 20.8. The molecule has 0 atom stereocenters. The quantitative estimate of drug-likeness (QED) is 0.672. The molecule has 1 fully saturated rings. The number of hydrogen-bond acceptors (Lipinski definition) is 5. The van der Waals surface area contributed by atoms with Gasteiger partial charge >= 0.3 is 17.3 Å². The highest BCUT2D eigenvalue weighted by atomic mass is 32.3. The second-order valence-electron chi connectivity index (χ2n) is 6.52. The van der Waals surface area contributed by atoms with Crippen molar-refractivity contribution in [2.75, 3.05) is 6.54 Å². The van der Waals surface area contributed by atoms with E-state index < -0.39 is 28.5 Å². The molecule has 2 rings (SSSR count). The molecule has 0 aliphatic carbocycles. The predicted octanol–water partition coefficient (Wildman–Crippen LogP) is 2.32. The van der Waals surface area contributed by atoms with Gasteiger partial charge in [0.05, 0.1) is 16.1 Å². The van der Waals surface area contributed by atoms with E-state index >= 15 is 0 Å². The minimum Gasteiger partial charge on any atom is -0.400 e. The lowest BCUT2D eigenvalue weighted by molar-refractivity contribution is 0.00578. The van der Waals surface area contributed by atoms with E-state index in [0.717, 1.165) is 5.47 Å². The number of halogens is 1. The molecule has 8 heteroatoms. The minimum absolute atomic E-state index is 0.222. The highest BCUT2D eigenvalue weighted by Crippen LogP contribution is 2.38. The molecular formula is C15H21BFNO4S. The molecule has 5 nitrogen and oxygen atoms in total. The van der Waals surface area contributed by atoms with Gasteiger partial charge in [-0.2, -0.15) is 8.42 Å². The Bertz CT molecular complexity index is 697. The fraction of sp³-hybridized carbons (Fsp3) is 0.467. The summed E-state index contributed by atoms with van der Waals surface area (Å²) in [6.45, 7) is 8.01. The zero-order chi connectivity index (χ0) is 17.5. The van der Waals surface area contributed by atoms with Gasteiger partial charge in [-0.3, -0.25) is 0 Å². The van der Waals surface area contributed by atoms with Gasteiger partial charge in [-0.15, -0.1) is 3.89 Å². The van der Waals surface area contributed by atoms with Gasteiger partial charge in [-0.1, -0.05) is 18.2 Å². The second kappa shape index (κ2) is 6.01. The standard InChI is InChI=1S/C15H21BFNO4S/c1-14(2)15(3,4)22-16(21-14)12(10-18)9-11-5-7-13(8-6-11)23(17,19)20/h5-9H,10,18H2,1-4H3. The molecule has 2 N–H and O–H groups in total. The van der Waals surface area contributed by atoms with Crippen LogP contribution in [0, 0.1) is 0 Å². The lowest BCUT2D eigenvalue weighted by Gasteiger charge is -2.32. The van der Waals surface area contributed by atoms with Gasteiger partial charge in [-0.05, 0) is 50.9 Å². The van der Waals surface area contributed by atoms with Crippen molar-refractivity contribution in [3.63, 3.8) is 0 Å². The van der Waals surface area contributed by atoms with Gasteiger partial charge in [0.2, 0.25) is 0 Å². The highest BCUT2D eigenvalue weighted by molar-refractivity contribution is 7.86. The van der Waals surface area contributed by atoms with Crippen LogP contribution in [0.5, 0.6) is 0 Å². The van der Waals surface area contributed by atoms with Crippen molar-refractivity contribution in [2.24, 2.45) is 5.73 Å². The van der Waals surface area contributed by atoms with Crippen molar-refractivity contribution in [3.05, 3.63) is 35.3 Å². The summed E-state index contributed by atoms with van der Waals surface area (Å²) in [6, 6.07) is 5.43. The molecule has 0 bridgehead atoms. The first-order valence-corrected chi connectivity index (χ1v) is 8.65. The van der Waals surface area contributed by atoms with Gasteiger partial charge in [0, 0.05) is 6.54 Å². The maximum Gasteiger partial charge on any atom is 0.491 e. The van der Waals surface area contributed by atoms with Crippen LogP contribution in [0.15, 0.2) is 34.6 Å². The van der Waals surface area contributed by atoms with E-state index in [2.05, 4.69) is 0 Å². The van der Waals surface area contributed by atoms with Crippen molar-refractivity contribution >= 4 is 23.4 Å². The molecule has 0 aromatic heterocycles. The Balaban J connectivity index is 2.27. The van der Waals surface area contributed by atoms with Crippen LogP contribution >= 0.6 is 0 Å². The van der Waals surface area contributed by atoms with Gasteiger partial charge < -0.3 is 15.0 Å². The van der Waals surface area contributed by atoms with Crippen molar-refractivity contribution in [2.45, 2.75) is 43.8 Å². The van der Waals surface area contributed by atoms with Crippen LogP contribution in [0.1, 0.15) is 33.3 Å². The molecule has 1 saturated heterocycles. The maximum absolute atomic E-state index is 12.9. The van der Waals surface area contributed by atoms with Crippen LogP contribution in [0.4, 0.5) is 3.89 Å². The van der Waals surface area contributed by atoms with Crippen LogP contribution < -0.4 is 5.73 Å². The van der Waals surface area contributed by atoms with Gasteiger partial charge in [0.25, 0.3) is 0 Å². The van der Waals surface area contributed by atoms with Crippen LogP contribution in [0.3, 0.4) is 0 Å². The Morgan fingerprint density at radius 2 is 1.65 bits per heavy atom. The Morgan fingerprint density at radius 1 is 1.17 bits per heavy atom. The number of hydrogen-bond donors (Lipinski definition) is 1. The molecule has 1 aliphatic heterocycles. The van der Waals surface area contributed by atoms with E-state index in [1.165, 1.54) is 24.3 Å². The summed E-state index contributed by atoms with van der Waals surface area (Å²) in [4.78, 5) is -0.375. The fourth-order valence-electron chi connectivity index (χ4n) is 2.16. The van der Waals surface area contributed by atoms with E-state index in [9.17, 15) is 12.3 Å². The van der Waals surface area contributed by atoms with Gasteiger partial charge in [0.1, 0.15) is 0 Å². The average molecular weight is 341 g/mol. The van der Waals surface area contributed by atoms with Gasteiger partial charge in [0.15, 0.2) is 0 Å². The lowest BCUT2D eigenvalue weighted by Crippen LogP contribution is -2.41. The van der Waals surface area contributed by atoms with Crippen LogP contribution in [0.2, 0.25) is 0 Å². The van der Waals surface area contributed by atoms with Crippen molar-refractivity contribution < 1.29 is 21.6 Å². The van der Waals surface area contributed by atoms with Crippen molar-refractivity contribution in [1.82, 2.24) is 0 Å². The third kappa shape index (κ3) is 3.83. The highest BCUT2D eigenvalue weighted by Gasteiger charge is 2.52. The van der Waals surface area contributed by atoms with Crippen LogP contribution in [0.25, 0.3) is 6.08 Å². The molecule has 0 amide bonds. The van der Waals surface area contributed by atoms with Crippen molar-refractivity contribution in [3.8, 4) is 0 Å².